The van der Waals surface area contributed by atoms with Crippen molar-refractivity contribution in [2.75, 3.05) is 20.3 Å². The summed E-state index contributed by atoms with van der Waals surface area (Å²) in [6.45, 7) is 2.04. The van der Waals surface area contributed by atoms with Crippen LogP contribution in [0.5, 0.6) is 5.75 Å². The maximum absolute atomic E-state index is 13.7. The van der Waals surface area contributed by atoms with Crippen LogP contribution in [0.25, 0.3) is 11.8 Å². The van der Waals surface area contributed by atoms with E-state index in [1.54, 1.807) is 43.3 Å². The standard InChI is InChI=1S/C26H26FN5O3/c1-17-14-31(16-29-17)21-9-4-18(13-23(21)35-3)12-22-24(34)32-25(30(22)2)28-11-10-26(32,15-33)19-5-7-20(27)8-6-19/h4-9,12-14,16,33H,10-11,15H2,1-3H3/b22-12-. The Kier molecular flexibility index (Phi) is 5.64. The number of aromatic nitrogens is 4. The molecule has 3 heterocycles. The molecule has 0 radical (unpaired) electrons. The third-order valence-electron chi connectivity index (χ3n) is 6.63. The molecule has 1 N–H and O–H groups in total. The number of hydrogen-bond acceptors (Lipinski definition) is 5. The van der Waals surface area contributed by atoms with Crippen LogP contribution in [0.2, 0.25) is 0 Å². The Labute approximate surface area is 200 Å². The van der Waals surface area contributed by atoms with Gasteiger partial charge in [0.1, 0.15) is 22.5 Å². The number of benzene rings is 2. The Morgan fingerprint density at radius 1 is 1.23 bits per heavy atom. The van der Waals surface area contributed by atoms with Gasteiger partial charge in [0.15, 0.2) is 0 Å². The fraction of sp³-hybridized carbons (Fsp3) is 0.269. The molecule has 35 heavy (non-hydrogen) atoms. The third-order valence-corrected chi connectivity index (χ3v) is 6.63. The number of aryl methyl sites for hydroxylation is 1. The van der Waals surface area contributed by atoms with E-state index >= 15 is 0 Å². The molecule has 0 fully saturated rings. The van der Waals surface area contributed by atoms with Gasteiger partial charge in [-0.15, -0.1) is 0 Å². The minimum Gasteiger partial charge on any atom is -0.495 e. The summed E-state index contributed by atoms with van der Waals surface area (Å²) in [5.41, 5.74) is 2.32. The van der Waals surface area contributed by atoms with Crippen molar-refractivity contribution in [1.29, 1.82) is 0 Å². The van der Waals surface area contributed by atoms with Crippen molar-refractivity contribution >= 4 is 6.08 Å². The molecule has 2 aromatic carbocycles. The summed E-state index contributed by atoms with van der Waals surface area (Å²) in [6.07, 6.45) is 5.84. The first kappa shape index (κ1) is 22.8. The molecule has 0 bridgehead atoms. The van der Waals surface area contributed by atoms with E-state index < -0.39 is 5.54 Å². The largest absolute Gasteiger partial charge is 0.495 e. The molecule has 1 aliphatic heterocycles. The number of methoxy groups -OCH3 is 1. The number of imidazole rings is 2. The van der Waals surface area contributed by atoms with Crippen LogP contribution in [-0.4, -0.2) is 44.1 Å². The monoisotopic (exact) mass is 475 g/mol. The number of rotatable bonds is 5. The lowest BCUT2D eigenvalue weighted by molar-refractivity contribution is 0.143. The van der Waals surface area contributed by atoms with Crippen LogP contribution in [-0.2, 0) is 12.6 Å². The molecule has 1 aliphatic rings. The van der Waals surface area contributed by atoms with Crippen LogP contribution < -0.4 is 21.3 Å². The summed E-state index contributed by atoms with van der Waals surface area (Å²) < 4.78 is 24.3. The number of halogens is 1. The van der Waals surface area contributed by atoms with Crippen LogP contribution in [0, 0.1) is 12.7 Å². The first-order chi connectivity index (χ1) is 16.9. The van der Waals surface area contributed by atoms with Crippen molar-refractivity contribution in [1.82, 2.24) is 18.7 Å². The van der Waals surface area contributed by atoms with Gasteiger partial charge in [-0.2, -0.15) is 0 Å². The van der Waals surface area contributed by atoms with Gasteiger partial charge in [-0.1, -0.05) is 18.2 Å². The lowest BCUT2D eigenvalue weighted by Crippen LogP contribution is -2.53. The normalized spacial score (nSPS) is 17.8. The summed E-state index contributed by atoms with van der Waals surface area (Å²) >= 11 is 0. The maximum Gasteiger partial charge on any atom is 0.278 e. The highest BCUT2D eigenvalue weighted by atomic mass is 19.1. The van der Waals surface area contributed by atoms with E-state index in [1.807, 2.05) is 35.9 Å². The molecule has 1 atom stereocenters. The predicted molar refractivity (Wildman–Crippen MR) is 129 cm³/mol. The molecule has 180 valence electrons. The highest BCUT2D eigenvalue weighted by Gasteiger charge is 2.39. The van der Waals surface area contributed by atoms with Crippen molar-refractivity contribution in [3.05, 3.63) is 98.9 Å². The summed E-state index contributed by atoms with van der Waals surface area (Å²) in [6, 6.07) is 11.6. The van der Waals surface area contributed by atoms with Gasteiger partial charge in [-0.3, -0.25) is 14.4 Å². The van der Waals surface area contributed by atoms with E-state index in [1.165, 1.54) is 16.7 Å². The Balaban J connectivity index is 1.68. The molecule has 1 unspecified atom stereocenters. The molecule has 0 spiro atoms. The van der Waals surface area contributed by atoms with Crippen molar-refractivity contribution < 1.29 is 14.2 Å². The Bertz CT molecular complexity index is 1580. The highest BCUT2D eigenvalue weighted by molar-refractivity contribution is 5.58. The van der Waals surface area contributed by atoms with Crippen molar-refractivity contribution in [2.45, 2.75) is 18.9 Å². The van der Waals surface area contributed by atoms with E-state index in [2.05, 4.69) is 9.98 Å². The molecule has 8 nitrogen and oxygen atoms in total. The Hall–Kier alpha value is -3.98. The van der Waals surface area contributed by atoms with Gasteiger partial charge >= 0.3 is 0 Å². The Morgan fingerprint density at radius 2 is 2.00 bits per heavy atom. The van der Waals surface area contributed by atoms with Crippen LogP contribution in [0.1, 0.15) is 23.2 Å². The minimum atomic E-state index is -1.02. The van der Waals surface area contributed by atoms with Gasteiger partial charge in [-0.05, 0) is 54.8 Å². The lowest BCUT2D eigenvalue weighted by atomic mass is 9.86. The predicted octanol–water partition coefficient (Wildman–Crippen LogP) is 1.42. The van der Waals surface area contributed by atoms with Gasteiger partial charge in [0.2, 0.25) is 5.62 Å². The van der Waals surface area contributed by atoms with E-state index in [-0.39, 0.29) is 18.0 Å². The van der Waals surface area contributed by atoms with Crippen LogP contribution in [0.4, 0.5) is 4.39 Å². The average molecular weight is 476 g/mol. The van der Waals surface area contributed by atoms with Gasteiger partial charge in [0, 0.05) is 19.8 Å². The van der Waals surface area contributed by atoms with Crippen LogP contribution >= 0.6 is 0 Å². The van der Waals surface area contributed by atoms with Crippen LogP contribution in [0.3, 0.4) is 0 Å². The number of fused-ring (bicyclic) bond motifs is 1. The number of ether oxygens (including phenoxy) is 1. The smallest absolute Gasteiger partial charge is 0.278 e. The summed E-state index contributed by atoms with van der Waals surface area (Å²) in [5.74, 6) is 0.260. The summed E-state index contributed by atoms with van der Waals surface area (Å²) in [5, 5.41) is 10.9. The maximum atomic E-state index is 13.7. The van der Waals surface area contributed by atoms with Gasteiger partial charge < -0.3 is 19.0 Å². The highest BCUT2D eigenvalue weighted by Crippen LogP contribution is 2.29. The zero-order valence-electron chi connectivity index (χ0n) is 19.8. The number of hydrogen-bond donors (Lipinski definition) is 1. The SMILES string of the molecule is COc1cc(/C=c2/c(=O)n3c(n2C)=NCCC3(CO)c2ccc(F)cc2)ccc1-n1cnc(C)c1. The van der Waals surface area contributed by atoms with E-state index in [0.717, 1.165) is 16.9 Å². The molecule has 0 saturated heterocycles. The van der Waals surface area contributed by atoms with Crippen molar-refractivity contribution in [3.63, 3.8) is 0 Å². The first-order valence-corrected chi connectivity index (χ1v) is 11.3. The van der Waals surface area contributed by atoms with Crippen LogP contribution in [0.15, 0.2) is 64.8 Å². The molecule has 4 aromatic rings. The second-order valence-electron chi connectivity index (χ2n) is 8.71. The van der Waals surface area contributed by atoms with E-state index in [0.29, 0.717) is 35.2 Å². The summed E-state index contributed by atoms with van der Waals surface area (Å²) in [7, 11) is 3.38. The van der Waals surface area contributed by atoms with E-state index in [4.69, 9.17) is 4.74 Å². The molecule has 9 heteroatoms. The zero-order valence-corrected chi connectivity index (χ0v) is 19.8. The Morgan fingerprint density at radius 3 is 2.66 bits per heavy atom. The van der Waals surface area contributed by atoms with Crippen molar-refractivity contribution in [3.8, 4) is 11.4 Å². The van der Waals surface area contributed by atoms with Gasteiger partial charge in [-0.25, -0.2) is 9.37 Å². The minimum absolute atomic E-state index is 0.280. The molecule has 0 amide bonds. The third kappa shape index (κ3) is 3.68. The molecule has 0 saturated carbocycles. The second-order valence-corrected chi connectivity index (χ2v) is 8.71. The molecule has 0 aliphatic carbocycles. The number of aliphatic hydroxyl groups excluding tert-OH is 1. The zero-order chi connectivity index (χ0) is 24.7. The summed E-state index contributed by atoms with van der Waals surface area (Å²) in [4.78, 5) is 22.6. The molecule has 2 aromatic heterocycles. The number of aliphatic hydroxyl groups is 1. The lowest BCUT2D eigenvalue weighted by Gasteiger charge is -2.35. The average Bonchev–Trinajstić information content (AvgIpc) is 3.41. The number of nitrogens with zero attached hydrogens (tertiary/aromatic N) is 5. The quantitative estimate of drug-likeness (QED) is 0.473. The fourth-order valence-electron chi connectivity index (χ4n) is 4.76. The first-order valence-electron chi connectivity index (χ1n) is 11.3. The fourth-order valence-corrected chi connectivity index (χ4v) is 4.76. The van der Waals surface area contributed by atoms with Gasteiger partial charge in [0.25, 0.3) is 5.56 Å². The second kappa shape index (κ2) is 8.66. The topological polar surface area (TPSA) is 86.6 Å². The molecular weight excluding hydrogens is 449 g/mol. The van der Waals surface area contributed by atoms with Gasteiger partial charge in [0.05, 0.1) is 31.4 Å². The molecule has 5 rings (SSSR count). The van der Waals surface area contributed by atoms with Crippen molar-refractivity contribution in [2.24, 2.45) is 12.0 Å². The van der Waals surface area contributed by atoms with E-state index in [9.17, 15) is 14.3 Å². The molecular formula is C26H26FN5O3.